The van der Waals surface area contributed by atoms with Crippen LogP contribution in [0, 0.1) is 5.82 Å². The third kappa shape index (κ3) is 3.47. The quantitative estimate of drug-likeness (QED) is 0.861. The number of carboxylic acid groups (broad SMARTS) is 1. The van der Waals surface area contributed by atoms with Crippen LogP contribution in [-0.2, 0) is 11.2 Å². The second-order valence-corrected chi connectivity index (χ2v) is 4.30. The van der Waals surface area contributed by atoms with Gasteiger partial charge in [0.2, 0.25) is 0 Å². The predicted octanol–water partition coefficient (Wildman–Crippen LogP) is 3.65. The van der Waals surface area contributed by atoms with E-state index in [1.807, 2.05) is 0 Å². The topological polar surface area (TPSA) is 37.3 Å². The first-order valence-corrected chi connectivity index (χ1v) is 5.53. The average molecular weight is 296 g/mol. The molecule has 0 spiro atoms. The van der Waals surface area contributed by atoms with Crippen molar-refractivity contribution in [2.45, 2.75) is 19.3 Å². The third-order valence-electron chi connectivity index (χ3n) is 1.96. The molecule has 0 saturated heterocycles. The zero-order valence-corrected chi connectivity index (χ0v) is 10.1. The molecule has 0 heterocycles. The molecular weight excluding hydrogens is 286 g/mol. The average Bonchev–Trinajstić information content (AvgIpc) is 2.17. The summed E-state index contributed by atoms with van der Waals surface area (Å²) in [6, 6.07) is 2.84. The van der Waals surface area contributed by atoms with Crippen LogP contribution in [0.15, 0.2) is 16.6 Å². The van der Waals surface area contributed by atoms with E-state index in [1.165, 1.54) is 12.1 Å². The van der Waals surface area contributed by atoms with Crippen LogP contribution in [0.3, 0.4) is 0 Å². The Labute approximate surface area is 100 Å². The number of carboxylic acids is 1. The van der Waals surface area contributed by atoms with Crippen LogP contribution in [0.25, 0.3) is 0 Å². The Morgan fingerprint density at radius 3 is 2.80 bits per heavy atom. The first-order valence-electron chi connectivity index (χ1n) is 4.36. The Balaban J connectivity index is 2.75. The fourth-order valence-corrected chi connectivity index (χ4v) is 1.83. The van der Waals surface area contributed by atoms with Crippen molar-refractivity contribution in [3.8, 4) is 0 Å². The fraction of sp³-hybridized carbons (Fsp3) is 0.300. The molecule has 82 valence electrons. The van der Waals surface area contributed by atoms with Crippen molar-refractivity contribution in [3.63, 3.8) is 0 Å². The van der Waals surface area contributed by atoms with Gasteiger partial charge in [-0.15, -0.1) is 0 Å². The maximum Gasteiger partial charge on any atom is 0.303 e. The highest BCUT2D eigenvalue weighted by atomic mass is 79.9. The molecule has 0 aromatic heterocycles. The minimum atomic E-state index is -0.887. The second-order valence-electron chi connectivity index (χ2n) is 3.07. The minimum Gasteiger partial charge on any atom is -0.481 e. The maximum absolute atomic E-state index is 13.3. The molecule has 0 atom stereocenters. The number of hydrogen-bond acceptors (Lipinski definition) is 1. The van der Waals surface area contributed by atoms with Crippen LogP contribution in [0.4, 0.5) is 4.39 Å². The van der Waals surface area contributed by atoms with Crippen molar-refractivity contribution in [1.29, 1.82) is 0 Å². The first-order chi connectivity index (χ1) is 7.02. The van der Waals surface area contributed by atoms with Gasteiger partial charge in [-0.05, 0) is 40.9 Å². The molecule has 0 saturated carbocycles. The Morgan fingerprint density at radius 2 is 2.20 bits per heavy atom. The molecule has 0 amide bonds. The van der Waals surface area contributed by atoms with E-state index in [0.29, 0.717) is 27.9 Å². The van der Waals surface area contributed by atoms with E-state index in [4.69, 9.17) is 16.7 Å². The van der Waals surface area contributed by atoms with Crippen molar-refractivity contribution < 1.29 is 14.3 Å². The van der Waals surface area contributed by atoms with Gasteiger partial charge < -0.3 is 5.11 Å². The number of benzene rings is 1. The van der Waals surface area contributed by atoms with Gasteiger partial charge >= 0.3 is 5.97 Å². The lowest BCUT2D eigenvalue weighted by Gasteiger charge is -2.06. The third-order valence-corrected chi connectivity index (χ3v) is 3.28. The molecule has 0 unspecified atom stereocenters. The van der Waals surface area contributed by atoms with Crippen molar-refractivity contribution in [2.24, 2.45) is 0 Å². The van der Waals surface area contributed by atoms with E-state index >= 15 is 0 Å². The zero-order valence-electron chi connectivity index (χ0n) is 7.77. The highest BCUT2D eigenvalue weighted by Gasteiger charge is 2.10. The molecule has 0 aliphatic heterocycles. The summed E-state index contributed by atoms with van der Waals surface area (Å²) in [5, 5.41) is 8.77. The Hall–Kier alpha value is -0.610. The van der Waals surface area contributed by atoms with Gasteiger partial charge in [0.25, 0.3) is 0 Å². The monoisotopic (exact) mass is 294 g/mol. The molecule has 0 bridgehead atoms. The van der Waals surface area contributed by atoms with Crippen LogP contribution < -0.4 is 0 Å². The summed E-state index contributed by atoms with van der Waals surface area (Å²) in [6.45, 7) is 0. The maximum atomic E-state index is 13.3. The molecule has 1 aromatic carbocycles. The fourth-order valence-electron chi connectivity index (χ4n) is 1.21. The molecule has 0 radical (unpaired) electrons. The minimum absolute atomic E-state index is 0.0162. The summed E-state index contributed by atoms with van der Waals surface area (Å²) in [5.41, 5.74) is 0.368. The van der Waals surface area contributed by atoms with E-state index in [1.54, 1.807) is 0 Å². The van der Waals surface area contributed by atoms with Gasteiger partial charge in [0, 0.05) is 16.5 Å². The highest BCUT2D eigenvalue weighted by molar-refractivity contribution is 9.10. The van der Waals surface area contributed by atoms with E-state index in [9.17, 15) is 9.18 Å². The SMILES string of the molecule is O=C(O)CCCc1c(F)ccc(Br)c1Cl. The van der Waals surface area contributed by atoms with E-state index in [-0.39, 0.29) is 6.42 Å². The van der Waals surface area contributed by atoms with Crippen LogP contribution in [0.1, 0.15) is 18.4 Å². The van der Waals surface area contributed by atoms with Crippen molar-refractivity contribution >= 4 is 33.5 Å². The number of halogens is 3. The van der Waals surface area contributed by atoms with Gasteiger partial charge in [-0.3, -0.25) is 4.79 Å². The van der Waals surface area contributed by atoms with Crippen LogP contribution in [0.5, 0.6) is 0 Å². The highest BCUT2D eigenvalue weighted by Crippen LogP contribution is 2.29. The smallest absolute Gasteiger partial charge is 0.303 e. The van der Waals surface area contributed by atoms with E-state index in [2.05, 4.69) is 15.9 Å². The van der Waals surface area contributed by atoms with E-state index in [0.717, 1.165) is 0 Å². The standard InChI is InChI=1S/C10H9BrClFO2/c11-7-4-5-8(13)6(10(7)12)2-1-3-9(14)15/h4-5H,1-3H2,(H,14,15). The molecule has 1 rings (SSSR count). The zero-order chi connectivity index (χ0) is 11.4. The largest absolute Gasteiger partial charge is 0.481 e. The Bertz CT molecular complexity index is 382. The van der Waals surface area contributed by atoms with Gasteiger partial charge in [-0.1, -0.05) is 11.6 Å². The van der Waals surface area contributed by atoms with Crippen molar-refractivity contribution in [1.82, 2.24) is 0 Å². The molecule has 0 aliphatic carbocycles. The predicted molar refractivity (Wildman–Crippen MR) is 59.7 cm³/mol. The number of rotatable bonds is 4. The molecule has 15 heavy (non-hydrogen) atoms. The molecule has 0 fully saturated rings. The van der Waals surface area contributed by atoms with Crippen molar-refractivity contribution in [3.05, 3.63) is 33.0 Å². The molecule has 0 aliphatic rings. The van der Waals surface area contributed by atoms with Crippen LogP contribution in [-0.4, -0.2) is 11.1 Å². The summed E-state index contributed by atoms with van der Waals surface area (Å²) >= 11 is 9.07. The summed E-state index contributed by atoms with van der Waals surface area (Å²) in [4.78, 5) is 10.3. The molecule has 2 nitrogen and oxygen atoms in total. The van der Waals surface area contributed by atoms with Crippen LogP contribution in [0.2, 0.25) is 5.02 Å². The lowest BCUT2D eigenvalue weighted by molar-refractivity contribution is -0.137. The van der Waals surface area contributed by atoms with Crippen LogP contribution >= 0.6 is 27.5 Å². The lowest BCUT2D eigenvalue weighted by Crippen LogP contribution is -1.98. The van der Waals surface area contributed by atoms with Crippen molar-refractivity contribution in [2.75, 3.05) is 0 Å². The normalized spacial score (nSPS) is 10.3. The summed E-state index contributed by atoms with van der Waals surface area (Å²) < 4.78 is 13.9. The first kappa shape index (κ1) is 12.5. The molecular formula is C10H9BrClFO2. The molecule has 1 aromatic rings. The summed E-state index contributed by atoms with van der Waals surface area (Å²) in [7, 11) is 0. The number of hydrogen-bond donors (Lipinski definition) is 1. The Kier molecular flexibility index (Phi) is 4.54. The lowest BCUT2D eigenvalue weighted by atomic mass is 10.1. The Morgan fingerprint density at radius 1 is 1.53 bits per heavy atom. The van der Waals surface area contributed by atoms with Gasteiger partial charge in [-0.2, -0.15) is 0 Å². The van der Waals surface area contributed by atoms with Gasteiger partial charge in [0.05, 0.1) is 5.02 Å². The molecule has 1 N–H and O–H groups in total. The number of carbonyl (C=O) groups is 1. The second kappa shape index (κ2) is 5.47. The number of aliphatic carboxylic acids is 1. The van der Waals surface area contributed by atoms with E-state index < -0.39 is 11.8 Å². The summed E-state index contributed by atoms with van der Waals surface area (Å²) in [6.07, 6.45) is 0.723. The van der Waals surface area contributed by atoms with Gasteiger partial charge in [0.1, 0.15) is 5.82 Å². The molecule has 5 heteroatoms. The summed E-state index contributed by atoms with van der Waals surface area (Å²) in [5.74, 6) is -1.28. The van der Waals surface area contributed by atoms with Gasteiger partial charge in [-0.25, -0.2) is 4.39 Å². The van der Waals surface area contributed by atoms with Gasteiger partial charge in [0.15, 0.2) is 0 Å².